The maximum Gasteiger partial charge on any atom is 0.259 e. The SMILES string of the molecule is Cc1nn2cccnc2c1C(=O)N1CCN(C(C)c2nc(-c3ccccc3)no2)CC1. The number of piperazine rings is 1. The second-order valence-electron chi connectivity index (χ2n) is 7.67. The maximum atomic E-state index is 13.2. The molecule has 1 aromatic carbocycles. The number of carbonyl (C=O) groups excluding carboxylic acids is 1. The van der Waals surface area contributed by atoms with Gasteiger partial charge in [-0.1, -0.05) is 35.5 Å². The molecule has 1 saturated heterocycles. The third kappa shape index (κ3) is 3.57. The van der Waals surface area contributed by atoms with Gasteiger partial charge in [-0.3, -0.25) is 9.69 Å². The molecule has 0 radical (unpaired) electrons. The summed E-state index contributed by atoms with van der Waals surface area (Å²) in [5.74, 6) is 1.15. The molecule has 1 atom stereocenters. The topological polar surface area (TPSA) is 92.7 Å². The molecule has 0 spiro atoms. The van der Waals surface area contributed by atoms with Crippen molar-refractivity contribution in [3.8, 4) is 11.4 Å². The van der Waals surface area contributed by atoms with E-state index in [1.165, 1.54) is 0 Å². The second-order valence-corrected chi connectivity index (χ2v) is 7.67. The van der Waals surface area contributed by atoms with E-state index in [0.717, 1.165) is 18.7 Å². The summed E-state index contributed by atoms with van der Waals surface area (Å²) < 4.78 is 7.18. The van der Waals surface area contributed by atoms with Gasteiger partial charge in [0.05, 0.1) is 11.7 Å². The Morgan fingerprint density at radius 1 is 1.10 bits per heavy atom. The second kappa shape index (κ2) is 7.92. The zero-order chi connectivity index (χ0) is 21.4. The molecule has 1 fully saturated rings. The number of aromatic nitrogens is 5. The summed E-state index contributed by atoms with van der Waals surface area (Å²) in [6.45, 7) is 6.58. The molecule has 0 N–H and O–H groups in total. The Bertz CT molecular complexity index is 1210. The molecule has 3 aromatic heterocycles. The van der Waals surface area contributed by atoms with Gasteiger partial charge in [-0.15, -0.1) is 0 Å². The lowest BCUT2D eigenvalue weighted by atomic mass is 10.1. The van der Waals surface area contributed by atoms with Gasteiger partial charge >= 0.3 is 0 Å². The molecular formula is C22H23N7O2. The fourth-order valence-corrected chi connectivity index (χ4v) is 3.98. The van der Waals surface area contributed by atoms with Crippen molar-refractivity contribution < 1.29 is 9.32 Å². The van der Waals surface area contributed by atoms with Gasteiger partial charge in [-0.05, 0) is 19.9 Å². The predicted octanol–water partition coefficient (Wildman–Crippen LogP) is 2.61. The third-order valence-electron chi connectivity index (χ3n) is 5.76. The van der Waals surface area contributed by atoms with Crippen LogP contribution in [-0.2, 0) is 0 Å². The van der Waals surface area contributed by atoms with Gasteiger partial charge in [0.15, 0.2) is 5.65 Å². The van der Waals surface area contributed by atoms with Crippen LogP contribution in [0.5, 0.6) is 0 Å². The Hall–Kier alpha value is -3.59. The van der Waals surface area contributed by atoms with E-state index < -0.39 is 0 Å². The molecule has 1 amide bonds. The largest absolute Gasteiger partial charge is 0.337 e. The number of nitrogens with zero attached hydrogens (tertiary/aromatic N) is 7. The van der Waals surface area contributed by atoms with Gasteiger partial charge < -0.3 is 9.42 Å². The highest BCUT2D eigenvalue weighted by Crippen LogP contribution is 2.24. The van der Waals surface area contributed by atoms with Crippen LogP contribution in [0.2, 0.25) is 0 Å². The quantitative estimate of drug-likeness (QED) is 0.504. The zero-order valence-electron chi connectivity index (χ0n) is 17.5. The maximum absolute atomic E-state index is 13.2. The highest BCUT2D eigenvalue weighted by Gasteiger charge is 2.30. The van der Waals surface area contributed by atoms with Gasteiger partial charge in [-0.2, -0.15) is 10.1 Å². The summed E-state index contributed by atoms with van der Waals surface area (Å²) in [4.78, 5) is 26.2. The summed E-state index contributed by atoms with van der Waals surface area (Å²) in [7, 11) is 0. The molecular weight excluding hydrogens is 394 g/mol. The summed E-state index contributed by atoms with van der Waals surface area (Å²) in [6, 6.07) is 11.6. The summed E-state index contributed by atoms with van der Waals surface area (Å²) in [5, 5.41) is 8.53. The van der Waals surface area contributed by atoms with Gasteiger partial charge in [0, 0.05) is 44.1 Å². The fourth-order valence-electron chi connectivity index (χ4n) is 3.98. The van der Waals surface area contributed by atoms with Crippen LogP contribution in [0.1, 0.15) is 34.9 Å². The van der Waals surface area contributed by atoms with E-state index in [0.29, 0.717) is 41.7 Å². The van der Waals surface area contributed by atoms with Crippen LogP contribution in [0, 0.1) is 6.92 Å². The Kier molecular flexibility index (Phi) is 4.95. The van der Waals surface area contributed by atoms with E-state index in [-0.39, 0.29) is 11.9 Å². The monoisotopic (exact) mass is 417 g/mol. The number of carbonyl (C=O) groups is 1. The summed E-state index contributed by atoms with van der Waals surface area (Å²) in [6.07, 6.45) is 3.49. The van der Waals surface area contributed by atoms with E-state index >= 15 is 0 Å². The Morgan fingerprint density at radius 2 is 1.87 bits per heavy atom. The molecule has 4 heterocycles. The number of benzene rings is 1. The normalized spacial score (nSPS) is 16.0. The Labute approximate surface area is 179 Å². The van der Waals surface area contributed by atoms with Gasteiger partial charge in [-0.25, -0.2) is 9.50 Å². The molecule has 31 heavy (non-hydrogen) atoms. The number of hydrogen-bond acceptors (Lipinski definition) is 7. The first-order chi connectivity index (χ1) is 15.1. The van der Waals surface area contributed by atoms with Crippen LogP contribution in [0.4, 0.5) is 0 Å². The van der Waals surface area contributed by atoms with Crippen LogP contribution < -0.4 is 0 Å². The lowest BCUT2D eigenvalue weighted by Crippen LogP contribution is -2.49. The number of amides is 1. The molecule has 158 valence electrons. The predicted molar refractivity (Wildman–Crippen MR) is 113 cm³/mol. The Balaban J connectivity index is 1.26. The van der Waals surface area contributed by atoms with Crippen molar-refractivity contribution in [1.29, 1.82) is 0 Å². The van der Waals surface area contributed by atoms with E-state index in [9.17, 15) is 4.79 Å². The van der Waals surface area contributed by atoms with Crippen LogP contribution in [0.25, 0.3) is 17.0 Å². The fraction of sp³-hybridized carbons (Fsp3) is 0.318. The van der Waals surface area contributed by atoms with E-state index in [1.54, 1.807) is 23.0 Å². The molecule has 9 nitrogen and oxygen atoms in total. The van der Waals surface area contributed by atoms with Crippen molar-refractivity contribution in [3.63, 3.8) is 0 Å². The van der Waals surface area contributed by atoms with Crippen molar-refractivity contribution in [2.45, 2.75) is 19.9 Å². The van der Waals surface area contributed by atoms with Crippen LogP contribution in [0.3, 0.4) is 0 Å². The molecule has 4 aromatic rings. The van der Waals surface area contributed by atoms with Crippen molar-refractivity contribution in [1.82, 2.24) is 34.5 Å². The van der Waals surface area contributed by atoms with E-state index in [4.69, 9.17) is 4.52 Å². The molecule has 1 aliphatic rings. The highest BCUT2D eigenvalue weighted by molar-refractivity contribution is 6.01. The lowest BCUT2D eigenvalue weighted by Gasteiger charge is -2.36. The standard InChI is InChI=1S/C22H23N7O2/c1-15-18(20-23-9-6-10-29(20)25-15)22(30)28-13-11-27(12-14-28)16(2)21-24-19(26-31-21)17-7-4-3-5-8-17/h3-10,16H,11-14H2,1-2H3. The molecule has 5 rings (SSSR count). The number of aryl methyl sites for hydroxylation is 1. The Morgan fingerprint density at radius 3 is 2.65 bits per heavy atom. The first kappa shape index (κ1) is 19.4. The van der Waals surface area contributed by atoms with Crippen molar-refractivity contribution >= 4 is 11.6 Å². The lowest BCUT2D eigenvalue weighted by molar-refractivity contribution is 0.0552. The number of rotatable bonds is 4. The van der Waals surface area contributed by atoms with E-state index in [2.05, 4.69) is 32.0 Å². The minimum absolute atomic E-state index is 0.0253. The average Bonchev–Trinajstić information content (AvgIpc) is 3.43. The minimum Gasteiger partial charge on any atom is -0.337 e. The van der Waals surface area contributed by atoms with Crippen molar-refractivity contribution in [2.75, 3.05) is 26.2 Å². The summed E-state index contributed by atoms with van der Waals surface area (Å²) >= 11 is 0. The highest BCUT2D eigenvalue weighted by atomic mass is 16.5. The molecule has 9 heteroatoms. The number of hydrogen-bond donors (Lipinski definition) is 0. The number of fused-ring (bicyclic) bond motifs is 1. The molecule has 0 aliphatic carbocycles. The zero-order valence-corrected chi connectivity index (χ0v) is 17.5. The van der Waals surface area contributed by atoms with Crippen molar-refractivity contribution in [3.05, 3.63) is 65.9 Å². The smallest absolute Gasteiger partial charge is 0.259 e. The third-order valence-corrected chi connectivity index (χ3v) is 5.76. The van der Waals surface area contributed by atoms with Crippen LogP contribution in [0.15, 0.2) is 53.3 Å². The molecule has 0 saturated carbocycles. The summed E-state index contributed by atoms with van der Waals surface area (Å²) in [5.41, 5.74) is 2.79. The molecule has 0 bridgehead atoms. The minimum atomic E-state index is -0.0254. The average molecular weight is 417 g/mol. The van der Waals surface area contributed by atoms with Gasteiger partial charge in [0.25, 0.3) is 5.91 Å². The van der Waals surface area contributed by atoms with E-state index in [1.807, 2.05) is 42.2 Å². The molecule has 1 unspecified atom stereocenters. The first-order valence-corrected chi connectivity index (χ1v) is 10.3. The van der Waals surface area contributed by atoms with Crippen LogP contribution in [-0.4, -0.2) is 66.6 Å². The molecule has 1 aliphatic heterocycles. The van der Waals surface area contributed by atoms with Crippen molar-refractivity contribution in [2.24, 2.45) is 0 Å². The van der Waals surface area contributed by atoms with Gasteiger partial charge in [0.1, 0.15) is 5.56 Å². The first-order valence-electron chi connectivity index (χ1n) is 10.3. The van der Waals surface area contributed by atoms with Gasteiger partial charge in [0.2, 0.25) is 11.7 Å². The van der Waals surface area contributed by atoms with Crippen LogP contribution >= 0.6 is 0 Å².